The second-order valence-electron chi connectivity index (χ2n) is 15.6. The monoisotopic (exact) mass is 795 g/mol. The average Bonchev–Trinajstić information content (AvgIpc) is 3.92. The fraction of sp³-hybridized carbons (Fsp3) is 0. The molecule has 3 heteroatoms. The van der Waals surface area contributed by atoms with E-state index in [4.69, 9.17) is 4.42 Å². The number of fused-ring (bicyclic) bond motifs is 8. The lowest BCUT2D eigenvalue weighted by Gasteiger charge is -2.26. The van der Waals surface area contributed by atoms with Crippen LogP contribution < -0.4 is 4.90 Å². The first-order valence-electron chi connectivity index (χ1n) is 20.7. The quantitative estimate of drug-likeness (QED) is 0.160. The van der Waals surface area contributed by atoms with Crippen LogP contribution in [0.5, 0.6) is 0 Å². The molecule has 0 spiro atoms. The minimum Gasteiger partial charge on any atom is -0.455 e. The van der Waals surface area contributed by atoms with Crippen LogP contribution in [0.1, 0.15) is 0 Å². The molecule has 0 N–H and O–H groups in total. The van der Waals surface area contributed by atoms with Crippen LogP contribution in [0, 0.1) is 0 Å². The summed E-state index contributed by atoms with van der Waals surface area (Å²) < 4.78 is 9.43. The zero-order valence-corrected chi connectivity index (χ0v) is 33.9. The molecular weight excluding hydrogens is 759 g/mol. The molecular formula is C58H37NOS. The zero-order valence-electron chi connectivity index (χ0n) is 33.1. The molecule has 0 saturated heterocycles. The Kier molecular flexibility index (Phi) is 8.39. The van der Waals surface area contributed by atoms with Gasteiger partial charge in [-0.3, -0.25) is 0 Å². The van der Waals surface area contributed by atoms with Crippen LogP contribution in [-0.4, -0.2) is 0 Å². The first-order chi connectivity index (χ1) is 30.3. The van der Waals surface area contributed by atoms with Gasteiger partial charge in [0, 0.05) is 47.9 Å². The maximum absolute atomic E-state index is 6.88. The number of thiophene rings is 1. The fourth-order valence-electron chi connectivity index (χ4n) is 9.30. The van der Waals surface area contributed by atoms with Crippen molar-refractivity contribution in [1.82, 2.24) is 0 Å². The van der Waals surface area contributed by atoms with Gasteiger partial charge in [0.15, 0.2) is 0 Å². The van der Waals surface area contributed by atoms with E-state index in [9.17, 15) is 0 Å². The normalized spacial score (nSPS) is 11.6. The van der Waals surface area contributed by atoms with E-state index in [1.807, 2.05) is 11.3 Å². The number of para-hydroxylation sites is 2. The van der Waals surface area contributed by atoms with Gasteiger partial charge < -0.3 is 9.32 Å². The molecule has 2 heterocycles. The third-order valence-electron chi connectivity index (χ3n) is 12.0. The third kappa shape index (κ3) is 5.93. The van der Waals surface area contributed by atoms with Gasteiger partial charge >= 0.3 is 0 Å². The van der Waals surface area contributed by atoms with E-state index in [-0.39, 0.29) is 0 Å². The van der Waals surface area contributed by atoms with Crippen LogP contribution in [0.3, 0.4) is 0 Å². The summed E-state index contributed by atoms with van der Waals surface area (Å²) in [5, 5.41) is 7.02. The highest BCUT2D eigenvalue weighted by Crippen LogP contribution is 2.49. The minimum atomic E-state index is 0.865. The van der Waals surface area contributed by atoms with Gasteiger partial charge in [-0.2, -0.15) is 0 Å². The Hall–Kier alpha value is -7.72. The Balaban J connectivity index is 1.10. The van der Waals surface area contributed by atoms with Gasteiger partial charge in [-0.05, 0) is 111 Å². The van der Waals surface area contributed by atoms with Crippen molar-refractivity contribution in [2.75, 3.05) is 4.90 Å². The van der Waals surface area contributed by atoms with Crippen LogP contribution in [0.2, 0.25) is 0 Å². The molecule has 0 saturated carbocycles. The molecule has 0 fully saturated rings. The van der Waals surface area contributed by atoms with Crippen molar-refractivity contribution in [1.29, 1.82) is 0 Å². The van der Waals surface area contributed by atoms with E-state index in [1.54, 1.807) is 0 Å². The molecule has 2 aromatic heterocycles. The summed E-state index contributed by atoms with van der Waals surface area (Å²) in [5.74, 6) is 0. The van der Waals surface area contributed by atoms with Crippen LogP contribution in [0.4, 0.5) is 17.1 Å². The molecule has 0 aliphatic rings. The zero-order chi connectivity index (χ0) is 40.3. The van der Waals surface area contributed by atoms with Gasteiger partial charge in [0.25, 0.3) is 0 Å². The molecule has 2 nitrogen and oxygen atoms in total. The number of hydrogen-bond acceptors (Lipinski definition) is 3. The maximum atomic E-state index is 6.88. The van der Waals surface area contributed by atoms with Gasteiger partial charge in [0.1, 0.15) is 11.2 Å². The third-order valence-corrected chi connectivity index (χ3v) is 13.2. The van der Waals surface area contributed by atoms with Crippen LogP contribution >= 0.6 is 11.3 Å². The number of rotatable bonds is 7. The number of nitrogens with zero attached hydrogens (tertiary/aromatic N) is 1. The summed E-state index contributed by atoms with van der Waals surface area (Å²) in [5.41, 5.74) is 14.7. The Bertz CT molecular complexity index is 3470. The molecule has 0 aliphatic carbocycles. The molecule has 0 atom stereocenters. The van der Waals surface area contributed by atoms with Gasteiger partial charge in [-0.25, -0.2) is 0 Å². The van der Waals surface area contributed by atoms with E-state index in [0.717, 1.165) is 44.4 Å². The number of benzene rings is 10. The van der Waals surface area contributed by atoms with Crippen LogP contribution in [-0.2, 0) is 0 Å². The highest BCUT2D eigenvalue weighted by atomic mass is 32.1. The summed E-state index contributed by atoms with van der Waals surface area (Å²) in [6.07, 6.45) is 0. The van der Waals surface area contributed by atoms with Gasteiger partial charge in [0.05, 0.1) is 11.1 Å². The van der Waals surface area contributed by atoms with Crippen molar-refractivity contribution in [2.24, 2.45) is 0 Å². The standard InChI is InChI=1S/C58H37NOS/c1-5-18-38(19-6-1)40-34-41(39-20-7-2-8-21-39)36-42(35-40)45-28-16-33-54-55(45)49-30-15-29-48(58(49)61-54)50-37-51-56-52(59(43-22-9-3-10-23-43)44-24-11-4-12-25-44)31-17-32-53(56)60-57(51)47-27-14-13-26-46(47)50/h1-37H. The number of anilines is 3. The molecule has 0 bridgehead atoms. The Labute approximate surface area is 357 Å². The minimum absolute atomic E-state index is 0.865. The van der Waals surface area contributed by atoms with Crippen LogP contribution in [0.15, 0.2) is 229 Å². The smallest absolute Gasteiger partial charge is 0.143 e. The highest BCUT2D eigenvalue weighted by Gasteiger charge is 2.23. The molecule has 61 heavy (non-hydrogen) atoms. The van der Waals surface area contributed by atoms with Crippen molar-refractivity contribution >= 4 is 81.3 Å². The first-order valence-corrected chi connectivity index (χ1v) is 21.6. The van der Waals surface area contributed by atoms with E-state index in [1.165, 1.54) is 70.1 Å². The van der Waals surface area contributed by atoms with E-state index in [2.05, 4.69) is 229 Å². The first kappa shape index (κ1) is 35.2. The van der Waals surface area contributed by atoms with Gasteiger partial charge in [0.2, 0.25) is 0 Å². The predicted octanol–water partition coefficient (Wildman–Crippen LogP) is 17.2. The summed E-state index contributed by atoms with van der Waals surface area (Å²) in [6.45, 7) is 0. The topological polar surface area (TPSA) is 16.4 Å². The summed E-state index contributed by atoms with van der Waals surface area (Å²) in [4.78, 5) is 2.34. The molecule has 0 radical (unpaired) electrons. The van der Waals surface area contributed by atoms with Gasteiger partial charge in [-0.15, -0.1) is 11.3 Å². The highest BCUT2D eigenvalue weighted by molar-refractivity contribution is 7.26. The van der Waals surface area contributed by atoms with Crippen LogP contribution in [0.25, 0.3) is 97.4 Å². The van der Waals surface area contributed by atoms with Crippen molar-refractivity contribution in [2.45, 2.75) is 0 Å². The molecule has 12 rings (SSSR count). The van der Waals surface area contributed by atoms with E-state index >= 15 is 0 Å². The predicted molar refractivity (Wildman–Crippen MR) is 261 cm³/mol. The van der Waals surface area contributed by atoms with Crippen molar-refractivity contribution in [3.05, 3.63) is 224 Å². The average molecular weight is 796 g/mol. The Morgan fingerprint density at radius 1 is 0.344 bits per heavy atom. The second-order valence-corrected chi connectivity index (χ2v) is 16.7. The van der Waals surface area contributed by atoms with Crippen molar-refractivity contribution in [3.63, 3.8) is 0 Å². The Morgan fingerprint density at radius 3 is 1.56 bits per heavy atom. The molecule has 10 aromatic carbocycles. The summed E-state index contributed by atoms with van der Waals surface area (Å²) in [6, 6.07) is 80.9. The summed E-state index contributed by atoms with van der Waals surface area (Å²) in [7, 11) is 0. The lowest BCUT2D eigenvalue weighted by atomic mass is 9.91. The van der Waals surface area contributed by atoms with Crippen molar-refractivity contribution in [3.8, 4) is 44.5 Å². The lowest BCUT2D eigenvalue weighted by molar-refractivity contribution is 0.672. The molecule has 0 amide bonds. The number of furan rings is 1. The van der Waals surface area contributed by atoms with Crippen molar-refractivity contribution < 1.29 is 4.42 Å². The lowest BCUT2D eigenvalue weighted by Crippen LogP contribution is -2.09. The molecule has 12 aromatic rings. The largest absolute Gasteiger partial charge is 0.455 e. The SMILES string of the molecule is c1ccc(-c2cc(-c3ccccc3)cc(-c3cccc4sc5c(-c6cc7c(oc8cccc(N(c9ccccc9)c9ccccc9)c87)c7ccccc67)cccc5c34)c2)cc1. The Morgan fingerprint density at radius 2 is 0.885 bits per heavy atom. The van der Waals surface area contributed by atoms with E-state index in [0.29, 0.717) is 0 Å². The maximum Gasteiger partial charge on any atom is 0.143 e. The molecule has 0 aliphatic heterocycles. The van der Waals surface area contributed by atoms with Gasteiger partial charge in [-0.1, -0.05) is 158 Å². The second kappa shape index (κ2) is 14.5. The number of hydrogen-bond donors (Lipinski definition) is 0. The molecule has 0 unspecified atom stereocenters. The summed E-state index contributed by atoms with van der Waals surface area (Å²) >= 11 is 1.88. The van der Waals surface area contributed by atoms with E-state index < -0.39 is 0 Å². The fourth-order valence-corrected chi connectivity index (χ4v) is 10.6. The molecule has 286 valence electrons.